The number of fused-ring (bicyclic) bond motifs is 4. The summed E-state index contributed by atoms with van der Waals surface area (Å²) in [5.41, 5.74) is 5.05. The maximum atomic E-state index is 6.06. The quantitative estimate of drug-likeness (QED) is 0.571. The van der Waals surface area contributed by atoms with E-state index >= 15 is 0 Å². The highest BCUT2D eigenvalue weighted by molar-refractivity contribution is 5.79. The van der Waals surface area contributed by atoms with E-state index in [-0.39, 0.29) is 12.6 Å². The fraction of sp³-hybridized carbons (Fsp3) is 0.462. The van der Waals surface area contributed by atoms with Crippen LogP contribution in [0.2, 0.25) is 0 Å². The average molecular weight is 446 g/mol. The molecule has 1 aliphatic carbocycles. The zero-order valence-electron chi connectivity index (χ0n) is 18.8. The molecule has 0 unspecified atom stereocenters. The molecule has 2 aromatic heterocycles. The molecule has 1 spiro atoms. The summed E-state index contributed by atoms with van der Waals surface area (Å²) in [6.07, 6.45) is 4.02. The number of hydrogen-bond donors (Lipinski definition) is 0. The van der Waals surface area contributed by atoms with Gasteiger partial charge >= 0.3 is 0 Å². The van der Waals surface area contributed by atoms with Crippen LogP contribution in [0.15, 0.2) is 36.4 Å². The molecule has 7 rings (SSSR count). The molecule has 2 atom stereocenters. The first-order valence-electron chi connectivity index (χ1n) is 11.9. The largest absolute Gasteiger partial charge is 0.454 e. The fourth-order valence-electron chi connectivity index (χ4n) is 6.12. The van der Waals surface area contributed by atoms with Gasteiger partial charge in [-0.25, -0.2) is 4.98 Å². The molecule has 1 saturated heterocycles. The second-order valence-corrected chi connectivity index (χ2v) is 9.56. The van der Waals surface area contributed by atoms with Crippen molar-refractivity contribution >= 4 is 0 Å². The van der Waals surface area contributed by atoms with E-state index < -0.39 is 0 Å². The van der Waals surface area contributed by atoms with Gasteiger partial charge in [-0.15, -0.1) is 0 Å². The van der Waals surface area contributed by atoms with Gasteiger partial charge in [0.25, 0.3) is 0 Å². The van der Waals surface area contributed by atoms with E-state index in [1.54, 1.807) is 0 Å². The van der Waals surface area contributed by atoms with Crippen molar-refractivity contribution in [1.29, 1.82) is 0 Å². The van der Waals surface area contributed by atoms with Gasteiger partial charge in [0.1, 0.15) is 11.5 Å². The zero-order valence-corrected chi connectivity index (χ0v) is 18.8. The Kier molecular flexibility index (Phi) is 4.33. The number of hydrogen-bond acceptors (Lipinski definition) is 6. The van der Waals surface area contributed by atoms with E-state index in [0.29, 0.717) is 25.0 Å². The third-order valence-corrected chi connectivity index (χ3v) is 7.62. The van der Waals surface area contributed by atoms with Crippen LogP contribution in [0.1, 0.15) is 43.1 Å². The molecule has 3 aromatic rings. The fourth-order valence-corrected chi connectivity index (χ4v) is 6.12. The Balaban J connectivity index is 1.35. The molecular weight excluding hydrogens is 418 g/mol. The third-order valence-electron chi connectivity index (χ3n) is 7.62. The number of pyridine rings is 1. The van der Waals surface area contributed by atoms with Gasteiger partial charge in [0, 0.05) is 36.6 Å². The predicted molar refractivity (Wildman–Crippen MR) is 121 cm³/mol. The van der Waals surface area contributed by atoms with E-state index in [0.717, 1.165) is 72.1 Å². The van der Waals surface area contributed by atoms with E-state index in [1.807, 2.05) is 19.1 Å². The molecule has 3 aliphatic heterocycles. The average Bonchev–Trinajstić information content (AvgIpc) is 3.57. The van der Waals surface area contributed by atoms with Crippen LogP contribution in [0.5, 0.6) is 11.5 Å². The first kappa shape index (κ1) is 19.6. The lowest BCUT2D eigenvalue weighted by atomic mass is 9.72. The van der Waals surface area contributed by atoms with Crippen LogP contribution in [0.4, 0.5) is 0 Å². The van der Waals surface area contributed by atoms with Gasteiger partial charge in [0.2, 0.25) is 6.79 Å². The van der Waals surface area contributed by atoms with Crippen LogP contribution in [-0.2, 0) is 16.0 Å². The first-order chi connectivity index (χ1) is 16.2. The number of aryl methyl sites for hydroxylation is 1. The minimum absolute atomic E-state index is 0.269. The van der Waals surface area contributed by atoms with Gasteiger partial charge in [0.05, 0.1) is 24.6 Å². The molecule has 0 amide bonds. The molecule has 7 heteroatoms. The van der Waals surface area contributed by atoms with Crippen molar-refractivity contribution in [3.05, 3.63) is 47.9 Å². The van der Waals surface area contributed by atoms with Crippen LogP contribution in [-0.4, -0.2) is 40.3 Å². The number of aromatic nitrogens is 3. The highest BCUT2D eigenvalue weighted by Gasteiger charge is 2.48. The molecule has 1 aromatic carbocycles. The normalized spacial score (nSPS) is 24.6. The van der Waals surface area contributed by atoms with Crippen LogP contribution in [0.3, 0.4) is 0 Å². The molecule has 7 nitrogen and oxygen atoms in total. The molecule has 0 radical (unpaired) electrons. The van der Waals surface area contributed by atoms with Gasteiger partial charge in [-0.05, 0) is 56.0 Å². The Morgan fingerprint density at radius 1 is 1.00 bits per heavy atom. The molecule has 2 fully saturated rings. The van der Waals surface area contributed by atoms with Crippen LogP contribution in [0, 0.1) is 12.8 Å². The second-order valence-electron chi connectivity index (χ2n) is 9.56. The first-order valence-corrected chi connectivity index (χ1v) is 11.9. The van der Waals surface area contributed by atoms with Crippen LogP contribution >= 0.6 is 0 Å². The summed E-state index contributed by atoms with van der Waals surface area (Å²) in [5.74, 6) is 3.32. The highest BCUT2D eigenvalue weighted by Crippen LogP contribution is 2.51. The summed E-state index contributed by atoms with van der Waals surface area (Å²) >= 11 is 0. The van der Waals surface area contributed by atoms with Crippen molar-refractivity contribution < 1.29 is 18.9 Å². The molecular formula is C26H27N3O4. The molecule has 0 bridgehead atoms. The van der Waals surface area contributed by atoms with Crippen molar-refractivity contribution in [3.63, 3.8) is 0 Å². The minimum atomic E-state index is -0.364. The van der Waals surface area contributed by atoms with Gasteiger partial charge in [0.15, 0.2) is 17.3 Å². The summed E-state index contributed by atoms with van der Waals surface area (Å²) in [5, 5.41) is 0. The summed E-state index contributed by atoms with van der Waals surface area (Å²) < 4.78 is 25.8. The lowest BCUT2D eigenvalue weighted by Crippen LogP contribution is -2.42. The third kappa shape index (κ3) is 3.09. The van der Waals surface area contributed by atoms with Crippen molar-refractivity contribution in [2.45, 2.75) is 50.9 Å². The molecule has 1 saturated carbocycles. The van der Waals surface area contributed by atoms with Gasteiger partial charge in [-0.2, -0.15) is 0 Å². The summed E-state index contributed by atoms with van der Waals surface area (Å²) in [6, 6.07) is 12.3. The van der Waals surface area contributed by atoms with Crippen molar-refractivity contribution in [3.8, 4) is 34.1 Å². The number of nitrogens with zero attached hydrogens (tertiary/aromatic N) is 3. The molecule has 0 N–H and O–H groups in total. The Morgan fingerprint density at radius 3 is 2.76 bits per heavy atom. The topological polar surface area (TPSA) is 67.6 Å². The number of ether oxygens (including phenoxy) is 4. The van der Waals surface area contributed by atoms with Crippen molar-refractivity contribution in [2.24, 2.45) is 5.92 Å². The summed E-state index contributed by atoms with van der Waals surface area (Å²) in [6.45, 7) is 4.64. The minimum Gasteiger partial charge on any atom is -0.454 e. The Hall–Kier alpha value is -2.90. The van der Waals surface area contributed by atoms with E-state index in [1.165, 1.54) is 5.82 Å². The van der Waals surface area contributed by atoms with Crippen molar-refractivity contribution in [1.82, 2.24) is 14.5 Å². The van der Waals surface area contributed by atoms with Crippen molar-refractivity contribution in [2.75, 3.05) is 20.0 Å². The maximum absolute atomic E-state index is 6.06. The molecule has 33 heavy (non-hydrogen) atoms. The van der Waals surface area contributed by atoms with Crippen LogP contribution in [0.25, 0.3) is 22.6 Å². The van der Waals surface area contributed by atoms with E-state index in [9.17, 15) is 0 Å². The lowest BCUT2D eigenvalue weighted by Gasteiger charge is -2.43. The van der Waals surface area contributed by atoms with Crippen LogP contribution < -0.4 is 9.47 Å². The molecule has 5 heterocycles. The zero-order chi connectivity index (χ0) is 22.0. The lowest BCUT2D eigenvalue weighted by molar-refractivity contribution is -0.192. The van der Waals surface area contributed by atoms with E-state index in [4.69, 9.17) is 28.9 Å². The van der Waals surface area contributed by atoms with Gasteiger partial charge < -0.3 is 23.5 Å². The number of rotatable bonds is 2. The maximum Gasteiger partial charge on any atom is 0.231 e. The monoisotopic (exact) mass is 445 g/mol. The SMILES string of the molecule is Cc1cccc(-c2nc3n(c2-c2ccc4c(c2)OCO4)CC[C@H]2CC4(CC[C@H]32)OCCO4)n1. The highest BCUT2D eigenvalue weighted by atomic mass is 16.7. The summed E-state index contributed by atoms with van der Waals surface area (Å²) in [4.78, 5) is 10.1. The van der Waals surface area contributed by atoms with Gasteiger partial charge in [-0.1, -0.05) is 6.07 Å². The predicted octanol–water partition coefficient (Wildman–Crippen LogP) is 4.68. The number of imidazole rings is 1. The smallest absolute Gasteiger partial charge is 0.231 e. The Bertz CT molecular complexity index is 1230. The Morgan fingerprint density at radius 2 is 1.88 bits per heavy atom. The van der Waals surface area contributed by atoms with E-state index in [2.05, 4.69) is 28.8 Å². The molecule has 170 valence electrons. The Labute approximate surface area is 192 Å². The van der Waals surface area contributed by atoms with Gasteiger partial charge in [-0.3, -0.25) is 4.98 Å². The standard InChI is InChI=1S/C26H27N3O4/c1-16-3-2-4-20(27-16)23-24(17-5-6-21-22(13-17)31-15-30-21)29-10-8-18-14-26(32-11-12-33-26)9-7-19(18)25(29)28-23/h2-6,13,18-19H,7-12,14-15H2,1H3/t18-,19-/m0/s1. The molecule has 4 aliphatic rings. The summed E-state index contributed by atoms with van der Waals surface area (Å²) in [7, 11) is 0. The number of benzene rings is 1. The second kappa shape index (κ2) is 7.30.